The lowest BCUT2D eigenvalue weighted by Gasteiger charge is -2.41. The van der Waals surface area contributed by atoms with Gasteiger partial charge in [0.25, 0.3) is 0 Å². The molecule has 1 aromatic rings. The van der Waals surface area contributed by atoms with E-state index in [-0.39, 0.29) is 30.5 Å². The predicted octanol–water partition coefficient (Wildman–Crippen LogP) is 3.64. The number of aliphatic hydroxyl groups excluding tert-OH is 1. The number of carbonyl (C=O) groups is 1. The first kappa shape index (κ1) is 22.5. The summed E-state index contributed by atoms with van der Waals surface area (Å²) in [7, 11) is 0. The van der Waals surface area contributed by atoms with Gasteiger partial charge in [-0.2, -0.15) is 13.2 Å². The van der Waals surface area contributed by atoms with Gasteiger partial charge in [-0.15, -0.1) is 0 Å². The van der Waals surface area contributed by atoms with Crippen molar-refractivity contribution in [1.82, 2.24) is 14.8 Å². The molecule has 5 nitrogen and oxygen atoms in total. The van der Waals surface area contributed by atoms with Crippen LogP contribution in [0.25, 0.3) is 0 Å². The van der Waals surface area contributed by atoms with Crippen molar-refractivity contribution in [2.75, 3.05) is 19.6 Å². The van der Waals surface area contributed by atoms with E-state index in [0.717, 1.165) is 50.9 Å². The summed E-state index contributed by atoms with van der Waals surface area (Å²) in [6.45, 7) is 6.45. The molecule has 172 valence electrons. The molecule has 31 heavy (non-hydrogen) atoms. The van der Waals surface area contributed by atoms with Crippen LogP contribution in [0.1, 0.15) is 62.8 Å². The highest BCUT2D eigenvalue weighted by molar-refractivity contribution is 5.83. The Bertz CT molecular complexity index is 829. The van der Waals surface area contributed by atoms with E-state index in [4.69, 9.17) is 0 Å². The van der Waals surface area contributed by atoms with Gasteiger partial charge < -0.3 is 10.0 Å². The van der Waals surface area contributed by atoms with Crippen molar-refractivity contribution in [3.8, 4) is 0 Å². The summed E-state index contributed by atoms with van der Waals surface area (Å²) in [5, 5.41) is 10.1. The number of aromatic nitrogens is 1. The quantitative estimate of drug-likeness (QED) is 0.782. The highest BCUT2D eigenvalue weighted by Crippen LogP contribution is 2.48. The Kier molecular flexibility index (Phi) is 6.07. The second-order valence-corrected chi connectivity index (χ2v) is 9.80. The van der Waals surface area contributed by atoms with Crippen LogP contribution >= 0.6 is 0 Å². The van der Waals surface area contributed by atoms with Crippen LogP contribution in [0.15, 0.2) is 12.3 Å². The maximum atomic E-state index is 13.8. The van der Waals surface area contributed by atoms with Gasteiger partial charge in [-0.05, 0) is 56.2 Å². The number of rotatable bonds is 3. The number of aliphatic hydroxyl groups is 1. The summed E-state index contributed by atoms with van der Waals surface area (Å²) in [6, 6.07) is 1.42. The average molecular weight is 440 g/mol. The molecule has 1 amide bonds. The number of β-amino-alcohol motifs (C(OH)–C–C–N with tert-alkyl or cyclic N) is 1. The average Bonchev–Trinajstić information content (AvgIpc) is 3.19. The maximum Gasteiger partial charge on any atom is 0.417 e. The molecule has 8 heteroatoms. The summed E-state index contributed by atoms with van der Waals surface area (Å²) in [5.41, 5.74) is -0.104. The number of hydrogen-bond donors (Lipinski definition) is 1. The van der Waals surface area contributed by atoms with Crippen molar-refractivity contribution in [1.29, 1.82) is 0 Å². The van der Waals surface area contributed by atoms with E-state index >= 15 is 0 Å². The molecule has 1 saturated heterocycles. The third kappa shape index (κ3) is 4.33. The van der Waals surface area contributed by atoms with Gasteiger partial charge in [0.05, 0.1) is 17.1 Å². The molecule has 2 aliphatic heterocycles. The van der Waals surface area contributed by atoms with Crippen LogP contribution in [0, 0.1) is 11.3 Å². The number of hydrogen-bond acceptors (Lipinski definition) is 4. The third-order valence-electron chi connectivity index (χ3n) is 7.65. The number of halogens is 3. The molecule has 0 aromatic carbocycles. The van der Waals surface area contributed by atoms with Crippen LogP contribution in [0.4, 0.5) is 13.2 Å². The molecular formula is C23H32F3N3O2. The van der Waals surface area contributed by atoms with Gasteiger partial charge in [0, 0.05) is 44.0 Å². The van der Waals surface area contributed by atoms with Crippen molar-refractivity contribution in [3.63, 3.8) is 0 Å². The zero-order chi connectivity index (χ0) is 22.4. The van der Waals surface area contributed by atoms with Crippen molar-refractivity contribution in [3.05, 3.63) is 29.1 Å². The van der Waals surface area contributed by atoms with Gasteiger partial charge in [0.1, 0.15) is 0 Å². The van der Waals surface area contributed by atoms with E-state index in [0.29, 0.717) is 30.8 Å². The minimum absolute atomic E-state index is 0.0608. The molecule has 0 spiro atoms. The number of nitrogens with zero attached hydrogens (tertiary/aromatic N) is 3. The minimum atomic E-state index is -4.44. The first-order valence-electron chi connectivity index (χ1n) is 11.4. The van der Waals surface area contributed by atoms with Crippen molar-refractivity contribution < 1.29 is 23.1 Å². The summed E-state index contributed by atoms with van der Waals surface area (Å²) in [5.74, 6) is 0.200. The molecular weight excluding hydrogens is 407 g/mol. The maximum absolute atomic E-state index is 13.8. The number of fused-ring (bicyclic) bond motifs is 1. The number of piperidine rings is 1. The number of likely N-dealkylation sites (tertiary alicyclic amines) is 1. The molecule has 3 aliphatic rings. The highest BCUT2D eigenvalue weighted by atomic mass is 19.4. The molecule has 1 N–H and O–H groups in total. The van der Waals surface area contributed by atoms with Crippen LogP contribution in [0.3, 0.4) is 0 Å². The Labute approximate surface area is 181 Å². The molecule has 1 aliphatic carbocycles. The molecule has 2 fully saturated rings. The van der Waals surface area contributed by atoms with Crippen molar-refractivity contribution in [2.24, 2.45) is 11.3 Å². The standard InChI is InChI=1S/C23H32F3N3O2/c1-15(2)22(7-5-18(11-22)28-8-3-4-19(30)14-28)21(31)29-9-6-20-16(13-29)10-17(12-27-20)23(24,25)26/h10,12,15,18-19,30H,3-9,11,13-14H2,1-2H3/t18?,19?,22-/m0/s1. The Morgan fingerprint density at radius 3 is 2.74 bits per heavy atom. The summed E-state index contributed by atoms with van der Waals surface area (Å²) < 4.78 is 39.4. The van der Waals surface area contributed by atoms with Gasteiger partial charge in [-0.3, -0.25) is 14.7 Å². The van der Waals surface area contributed by atoms with E-state index in [1.807, 2.05) is 0 Å². The second kappa shape index (κ2) is 8.35. The first-order valence-corrected chi connectivity index (χ1v) is 11.4. The first-order chi connectivity index (χ1) is 14.6. The van der Waals surface area contributed by atoms with Gasteiger partial charge in [-0.1, -0.05) is 13.8 Å². The van der Waals surface area contributed by atoms with E-state index < -0.39 is 17.2 Å². The van der Waals surface area contributed by atoms with Gasteiger partial charge >= 0.3 is 6.18 Å². The van der Waals surface area contributed by atoms with Crippen molar-refractivity contribution in [2.45, 2.75) is 77.2 Å². The minimum Gasteiger partial charge on any atom is -0.392 e. The normalized spacial score (nSPS) is 30.0. The fraction of sp³-hybridized carbons (Fsp3) is 0.739. The Hall–Kier alpha value is -1.67. The second-order valence-electron chi connectivity index (χ2n) is 9.80. The molecule has 4 rings (SSSR count). The summed E-state index contributed by atoms with van der Waals surface area (Å²) in [4.78, 5) is 21.9. The number of amides is 1. The Morgan fingerprint density at radius 1 is 1.29 bits per heavy atom. The Balaban J connectivity index is 1.52. The van der Waals surface area contributed by atoms with Crippen LogP contribution < -0.4 is 0 Å². The zero-order valence-corrected chi connectivity index (χ0v) is 18.3. The largest absolute Gasteiger partial charge is 0.417 e. The van der Waals surface area contributed by atoms with Crippen molar-refractivity contribution >= 4 is 5.91 Å². The van der Waals surface area contributed by atoms with Crippen LogP contribution in [0.5, 0.6) is 0 Å². The summed E-state index contributed by atoms with van der Waals surface area (Å²) in [6.07, 6.45) is 0.885. The van der Waals surface area contributed by atoms with E-state index in [2.05, 4.69) is 23.7 Å². The molecule has 2 unspecified atom stereocenters. The fourth-order valence-electron chi connectivity index (χ4n) is 5.71. The fourth-order valence-corrected chi connectivity index (χ4v) is 5.71. The van der Waals surface area contributed by atoms with Gasteiger partial charge in [0.15, 0.2) is 0 Å². The van der Waals surface area contributed by atoms with Crippen LogP contribution in [-0.2, 0) is 23.9 Å². The lowest BCUT2D eigenvalue weighted by atomic mass is 9.73. The predicted molar refractivity (Wildman–Crippen MR) is 110 cm³/mol. The molecule has 3 atom stereocenters. The smallest absolute Gasteiger partial charge is 0.392 e. The van der Waals surface area contributed by atoms with Crippen LogP contribution in [0.2, 0.25) is 0 Å². The molecule has 1 saturated carbocycles. The number of pyridine rings is 1. The topological polar surface area (TPSA) is 56.7 Å². The third-order valence-corrected chi connectivity index (χ3v) is 7.65. The lowest BCUT2D eigenvalue weighted by Crippen LogP contribution is -2.49. The van der Waals surface area contributed by atoms with Crippen LogP contribution in [-0.4, -0.2) is 57.6 Å². The van der Waals surface area contributed by atoms with E-state index in [1.54, 1.807) is 4.90 Å². The molecule has 0 bridgehead atoms. The van der Waals surface area contributed by atoms with E-state index in [1.165, 1.54) is 0 Å². The monoisotopic (exact) mass is 439 g/mol. The highest BCUT2D eigenvalue weighted by Gasteiger charge is 2.51. The Morgan fingerprint density at radius 2 is 2.06 bits per heavy atom. The van der Waals surface area contributed by atoms with Gasteiger partial charge in [0.2, 0.25) is 5.91 Å². The molecule has 1 aromatic heterocycles. The van der Waals surface area contributed by atoms with E-state index in [9.17, 15) is 23.1 Å². The molecule has 0 radical (unpaired) electrons. The zero-order valence-electron chi connectivity index (χ0n) is 18.3. The summed E-state index contributed by atoms with van der Waals surface area (Å²) >= 11 is 0. The number of alkyl halides is 3. The SMILES string of the molecule is CC(C)[C@]1(C(=O)N2CCc3ncc(C(F)(F)F)cc3C2)CCC(N2CCCC(O)C2)C1. The molecule has 3 heterocycles. The van der Waals surface area contributed by atoms with Gasteiger partial charge in [-0.25, -0.2) is 0 Å². The lowest BCUT2D eigenvalue weighted by molar-refractivity contribution is -0.146. The number of carbonyl (C=O) groups excluding carboxylic acids is 1.